The smallest absolute Gasteiger partial charge is 0.0826 e. The third kappa shape index (κ3) is 1.95. The molecule has 1 saturated heterocycles. The number of nitrogens with one attached hydrogen (secondary N) is 1. The minimum Gasteiger partial charge on any atom is -0.294 e. The highest BCUT2D eigenvalue weighted by Crippen LogP contribution is 2.05. The topological polar surface area (TPSA) is 44.2 Å². The van der Waals surface area contributed by atoms with Crippen LogP contribution in [0.25, 0.3) is 0 Å². The maximum Gasteiger partial charge on any atom is 0.0826 e. The maximum absolute atomic E-state index is 11.0. The Kier molecular flexibility index (Phi) is 1.77. The van der Waals surface area contributed by atoms with Gasteiger partial charge in [0.15, 0.2) is 0 Å². The van der Waals surface area contributed by atoms with Crippen molar-refractivity contribution < 1.29 is 4.21 Å². The minimum absolute atomic E-state index is 0.465. The fraction of sp³-hybridized carbons (Fsp3) is 1.00. The van der Waals surface area contributed by atoms with Crippen molar-refractivity contribution in [2.75, 3.05) is 25.2 Å². The van der Waals surface area contributed by atoms with Gasteiger partial charge in [0.1, 0.15) is 0 Å². The van der Waals surface area contributed by atoms with E-state index in [0.717, 1.165) is 13.0 Å². The van der Waals surface area contributed by atoms with Crippen LogP contribution in [0.2, 0.25) is 0 Å². The van der Waals surface area contributed by atoms with Gasteiger partial charge in [-0.25, -0.2) is 4.21 Å². The lowest BCUT2D eigenvalue weighted by atomic mass is 10.4. The largest absolute Gasteiger partial charge is 0.294 e. The third-order valence-corrected chi connectivity index (χ3v) is 3.25. The first kappa shape index (κ1) is 7.02. The molecular weight excluding hydrogens is 136 g/mol. The van der Waals surface area contributed by atoms with Crippen molar-refractivity contribution in [3.63, 3.8) is 0 Å². The highest BCUT2D eigenvalue weighted by Gasteiger charge is 2.15. The van der Waals surface area contributed by atoms with Gasteiger partial charge in [0.25, 0.3) is 0 Å². The van der Waals surface area contributed by atoms with Crippen LogP contribution in [0.5, 0.6) is 0 Å². The summed E-state index contributed by atoms with van der Waals surface area (Å²) in [5.74, 6) is 1.06. The first-order valence-electron chi connectivity index (χ1n) is 3.03. The van der Waals surface area contributed by atoms with E-state index in [-0.39, 0.29) is 0 Å². The lowest BCUT2D eigenvalue weighted by molar-refractivity contribution is 0.373. The van der Waals surface area contributed by atoms with E-state index in [1.807, 2.05) is 11.9 Å². The van der Waals surface area contributed by atoms with Gasteiger partial charge in [-0.3, -0.25) is 9.68 Å². The summed E-state index contributed by atoms with van der Waals surface area (Å²) in [6.45, 7) is 0.996. The van der Waals surface area contributed by atoms with Crippen LogP contribution in [0.4, 0.5) is 0 Å². The lowest BCUT2D eigenvalue weighted by Gasteiger charge is -2.23. The fourth-order valence-electron chi connectivity index (χ4n) is 1.05. The monoisotopic (exact) mass is 148 g/mol. The summed E-state index contributed by atoms with van der Waals surface area (Å²) in [6, 6.07) is 0. The van der Waals surface area contributed by atoms with Gasteiger partial charge in [-0.2, -0.15) is 0 Å². The summed E-state index contributed by atoms with van der Waals surface area (Å²) in [6.07, 6.45) is 0.916. The molecule has 1 aliphatic heterocycles. The van der Waals surface area contributed by atoms with Crippen molar-refractivity contribution >= 4 is 9.73 Å². The summed E-state index contributed by atoms with van der Waals surface area (Å²) >= 11 is 0. The van der Waals surface area contributed by atoms with Crippen molar-refractivity contribution in [3.05, 3.63) is 0 Å². The highest BCUT2D eigenvalue weighted by atomic mass is 32.2. The van der Waals surface area contributed by atoms with E-state index >= 15 is 0 Å². The number of hydrogen-bond donors (Lipinski definition) is 1. The number of hydrogen-bond acceptors (Lipinski definition) is 3. The van der Waals surface area contributed by atoms with Crippen LogP contribution in [0, 0.1) is 4.78 Å². The van der Waals surface area contributed by atoms with E-state index < -0.39 is 9.73 Å². The molecule has 1 unspecified atom stereocenters. The molecular formula is C5H12N2OS. The third-order valence-electron chi connectivity index (χ3n) is 1.44. The minimum atomic E-state index is -2.21. The van der Waals surface area contributed by atoms with Crippen LogP contribution >= 0.6 is 0 Å². The molecule has 1 atom stereocenters. The summed E-state index contributed by atoms with van der Waals surface area (Å²) in [5, 5.41) is 0. The molecule has 1 aliphatic rings. The second-order valence-corrected chi connectivity index (χ2v) is 4.87. The van der Waals surface area contributed by atoms with E-state index in [1.54, 1.807) is 0 Å². The average Bonchev–Trinajstić information content (AvgIpc) is 1.60. The molecule has 9 heavy (non-hydrogen) atoms. The van der Waals surface area contributed by atoms with Crippen LogP contribution < -0.4 is 0 Å². The Balaban J connectivity index is 2.62. The molecule has 0 amide bonds. The second kappa shape index (κ2) is 2.27. The molecule has 1 rings (SSSR count). The SMILES string of the molecule is CN1CCCS(=N)(=O)C1. The van der Waals surface area contributed by atoms with Crippen LogP contribution in [-0.4, -0.2) is 34.3 Å². The van der Waals surface area contributed by atoms with Crippen molar-refractivity contribution in [1.29, 1.82) is 4.78 Å². The molecule has 0 spiro atoms. The fourth-order valence-corrected chi connectivity index (χ4v) is 2.62. The van der Waals surface area contributed by atoms with Crippen LogP contribution in [0.3, 0.4) is 0 Å². The quantitative estimate of drug-likeness (QED) is 0.538. The molecule has 0 radical (unpaired) electrons. The first-order chi connectivity index (χ1) is 4.10. The van der Waals surface area contributed by atoms with E-state index in [2.05, 4.69) is 0 Å². The second-order valence-electron chi connectivity index (χ2n) is 2.58. The summed E-state index contributed by atoms with van der Waals surface area (Å²) < 4.78 is 18.3. The molecule has 1 N–H and O–H groups in total. The average molecular weight is 148 g/mol. The summed E-state index contributed by atoms with van der Waals surface area (Å²) in [4.78, 5) is 1.96. The molecule has 0 saturated carbocycles. The molecule has 4 heteroatoms. The van der Waals surface area contributed by atoms with Gasteiger partial charge in [0.05, 0.1) is 15.6 Å². The van der Waals surface area contributed by atoms with E-state index in [0.29, 0.717) is 11.6 Å². The Morgan fingerprint density at radius 2 is 2.33 bits per heavy atom. The molecule has 0 aliphatic carbocycles. The van der Waals surface area contributed by atoms with Gasteiger partial charge < -0.3 is 0 Å². The predicted molar refractivity (Wildman–Crippen MR) is 37.8 cm³/mol. The zero-order valence-corrected chi connectivity index (χ0v) is 6.41. The van der Waals surface area contributed by atoms with E-state index in [4.69, 9.17) is 4.78 Å². The van der Waals surface area contributed by atoms with E-state index in [1.165, 1.54) is 0 Å². The zero-order valence-electron chi connectivity index (χ0n) is 5.59. The van der Waals surface area contributed by atoms with E-state index in [9.17, 15) is 4.21 Å². The molecule has 1 heterocycles. The van der Waals surface area contributed by atoms with Gasteiger partial charge in [-0.1, -0.05) is 0 Å². The Bertz CT molecular complexity index is 185. The predicted octanol–water partition coefficient (Wildman–Crippen LogP) is 0.326. The normalized spacial score (nSPS) is 38.8. The Labute approximate surface area is 56.0 Å². The number of nitrogens with zero attached hydrogens (tertiary/aromatic N) is 1. The van der Waals surface area contributed by atoms with Gasteiger partial charge in [0, 0.05) is 5.75 Å². The molecule has 0 aromatic heterocycles. The van der Waals surface area contributed by atoms with Gasteiger partial charge in [-0.15, -0.1) is 0 Å². The maximum atomic E-state index is 11.0. The molecule has 0 aromatic rings. The van der Waals surface area contributed by atoms with Crippen LogP contribution in [-0.2, 0) is 9.73 Å². The van der Waals surface area contributed by atoms with Gasteiger partial charge in [-0.05, 0) is 20.0 Å². The molecule has 3 nitrogen and oxygen atoms in total. The van der Waals surface area contributed by atoms with Gasteiger partial charge in [0.2, 0.25) is 0 Å². The summed E-state index contributed by atoms with van der Waals surface area (Å²) in [5.41, 5.74) is 0. The summed E-state index contributed by atoms with van der Waals surface area (Å²) in [7, 11) is -0.296. The molecule has 54 valence electrons. The van der Waals surface area contributed by atoms with Crippen molar-refractivity contribution in [2.45, 2.75) is 6.42 Å². The molecule has 0 bridgehead atoms. The van der Waals surface area contributed by atoms with Crippen molar-refractivity contribution in [3.8, 4) is 0 Å². The Morgan fingerprint density at radius 3 is 2.67 bits per heavy atom. The van der Waals surface area contributed by atoms with Crippen LogP contribution in [0.15, 0.2) is 0 Å². The molecule has 1 fully saturated rings. The lowest BCUT2D eigenvalue weighted by Crippen LogP contribution is -2.33. The number of rotatable bonds is 0. The molecule has 0 aromatic carbocycles. The Morgan fingerprint density at radius 1 is 1.67 bits per heavy atom. The zero-order chi connectivity index (χ0) is 6.91. The van der Waals surface area contributed by atoms with Gasteiger partial charge >= 0.3 is 0 Å². The van der Waals surface area contributed by atoms with Crippen LogP contribution in [0.1, 0.15) is 6.42 Å². The van der Waals surface area contributed by atoms with Crippen molar-refractivity contribution in [1.82, 2.24) is 4.90 Å². The standard InChI is InChI=1S/C5H12N2OS/c1-7-3-2-4-9(6,8)5-7/h6H,2-5H2,1H3. The highest BCUT2D eigenvalue weighted by molar-refractivity contribution is 7.92. The first-order valence-corrected chi connectivity index (χ1v) is 4.92. The van der Waals surface area contributed by atoms with Crippen molar-refractivity contribution in [2.24, 2.45) is 0 Å². The Hall–Kier alpha value is -0.0900.